The molecule has 4 heteroatoms. The van der Waals surface area contributed by atoms with Crippen molar-refractivity contribution in [1.29, 1.82) is 0 Å². The van der Waals surface area contributed by atoms with Crippen LogP contribution in [0.25, 0.3) is 0 Å². The van der Waals surface area contributed by atoms with E-state index in [1.807, 2.05) is 17.7 Å². The Bertz CT molecular complexity index is 428. The van der Waals surface area contributed by atoms with Crippen molar-refractivity contribution < 1.29 is 4.39 Å². The van der Waals surface area contributed by atoms with Crippen LogP contribution in [0.2, 0.25) is 0 Å². The summed E-state index contributed by atoms with van der Waals surface area (Å²) in [5.41, 5.74) is 1.02. The fraction of sp³-hybridized carbons (Fsp3) is 0.786. The van der Waals surface area contributed by atoms with Crippen molar-refractivity contribution in [2.45, 2.75) is 70.2 Å². The van der Waals surface area contributed by atoms with Crippen molar-refractivity contribution in [2.75, 3.05) is 0 Å². The molecule has 0 aromatic carbocycles. The normalized spacial score (nSPS) is 35.1. The summed E-state index contributed by atoms with van der Waals surface area (Å²) in [6.07, 6.45) is 4.13. The molecular formula is C14H22FN3. The summed E-state index contributed by atoms with van der Waals surface area (Å²) in [6, 6.07) is 2.83. The van der Waals surface area contributed by atoms with Gasteiger partial charge in [0.2, 0.25) is 0 Å². The molecule has 0 radical (unpaired) electrons. The fourth-order valence-electron chi connectivity index (χ4n) is 3.68. The zero-order valence-electron chi connectivity index (χ0n) is 11.2. The third-order valence-electron chi connectivity index (χ3n) is 4.34. The van der Waals surface area contributed by atoms with Gasteiger partial charge in [0, 0.05) is 30.7 Å². The summed E-state index contributed by atoms with van der Waals surface area (Å²) in [5.74, 6) is 0. The Morgan fingerprint density at radius 3 is 2.72 bits per heavy atom. The number of fused-ring (bicyclic) bond motifs is 2. The molecule has 3 rings (SSSR count). The second-order valence-electron chi connectivity index (χ2n) is 5.97. The van der Waals surface area contributed by atoms with Crippen molar-refractivity contribution in [2.24, 2.45) is 0 Å². The quantitative estimate of drug-likeness (QED) is 0.894. The highest BCUT2D eigenvalue weighted by atomic mass is 19.1. The lowest BCUT2D eigenvalue weighted by Gasteiger charge is -2.35. The Kier molecular flexibility index (Phi) is 2.93. The molecule has 2 unspecified atom stereocenters. The summed E-state index contributed by atoms with van der Waals surface area (Å²) < 4.78 is 17.0. The molecule has 3 heterocycles. The highest BCUT2D eigenvalue weighted by Crippen LogP contribution is 2.38. The minimum Gasteiger partial charge on any atom is -0.311 e. The summed E-state index contributed by atoms with van der Waals surface area (Å²) in [4.78, 5) is 0. The number of aromatic nitrogens is 2. The van der Waals surface area contributed by atoms with E-state index in [-0.39, 0.29) is 0 Å². The van der Waals surface area contributed by atoms with Gasteiger partial charge >= 0.3 is 0 Å². The van der Waals surface area contributed by atoms with E-state index in [4.69, 9.17) is 0 Å². The van der Waals surface area contributed by atoms with Gasteiger partial charge < -0.3 is 5.32 Å². The van der Waals surface area contributed by atoms with Crippen molar-refractivity contribution >= 4 is 0 Å². The van der Waals surface area contributed by atoms with E-state index in [2.05, 4.69) is 17.3 Å². The molecule has 100 valence electrons. The molecule has 2 fully saturated rings. The maximum Gasteiger partial charge on any atom is 0.119 e. The van der Waals surface area contributed by atoms with E-state index in [1.54, 1.807) is 0 Å². The fourth-order valence-corrected chi connectivity index (χ4v) is 3.68. The molecule has 0 aliphatic carbocycles. The van der Waals surface area contributed by atoms with E-state index >= 15 is 4.39 Å². The molecule has 1 aromatic heterocycles. The highest BCUT2D eigenvalue weighted by molar-refractivity contribution is 5.14. The van der Waals surface area contributed by atoms with Gasteiger partial charge in [-0.1, -0.05) is 0 Å². The minimum atomic E-state index is -1.03. The average Bonchev–Trinajstić information content (AvgIpc) is 2.81. The molecule has 1 N–H and O–H groups in total. The highest BCUT2D eigenvalue weighted by Gasteiger charge is 2.44. The van der Waals surface area contributed by atoms with E-state index in [9.17, 15) is 0 Å². The third kappa shape index (κ3) is 2.18. The lowest BCUT2D eigenvalue weighted by molar-refractivity contribution is 0.0870. The molecule has 0 saturated carbocycles. The van der Waals surface area contributed by atoms with Gasteiger partial charge in [0.1, 0.15) is 5.67 Å². The van der Waals surface area contributed by atoms with Crippen LogP contribution >= 0.6 is 0 Å². The summed E-state index contributed by atoms with van der Waals surface area (Å²) in [5, 5.41) is 7.92. The number of piperidine rings is 1. The van der Waals surface area contributed by atoms with Gasteiger partial charge in [-0.25, -0.2) is 4.39 Å². The van der Waals surface area contributed by atoms with E-state index in [0.717, 1.165) is 30.8 Å². The van der Waals surface area contributed by atoms with Gasteiger partial charge in [0.05, 0.1) is 5.69 Å². The second-order valence-corrected chi connectivity index (χ2v) is 5.97. The standard InChI is InChI=1S/C14H22FN3/c1-3-18-13(6-10(2)17-18)9-14(15)7-11-4-5-12(8-14)16-11/h6,11-12,16H,3-5,7-9H2,1-2H3. The minimum absolute atomic E-state index is 0.396. The first kappa shape index (κ1) is 12.2. The molecule has 2 aliphatic rings. The van der Waals surface area contributed by atoms with Crippen molar-refractivity contribution in [3.63, 3.8) is 0 Å². The van der Waals surface area contributed by atoms with E-state index < -0.39 is 5.67 Å². The number of alkyl halides is 1. The number of hydrogen-bond donors (Lipinski definition) is 1. The molecule has 1 aromatic rings. The van der Waals surface area contributed by atoms with Gasteiger partial charge in [0.25, 0.3) is 0 Å². The van der Waals surface area contributed by atoms with Crippen LogP contribution in [0.1, 0.15) is 44.0 Å². The smallest absolute Gasteiger partial charge is 0.119 e. The second kappa shape index (κ2) is 4.34. The Balaban J connectivity index is 1.78. The monoisotopic (exact) mass is 251 g/mol. The molecule has 2 aliphatic heterocycles. The van der Waals surface area contributed by atoms with Crippen LogP contribution in [0, 0.1) is 6.92 Å². The van der Waals surface area contributed by atoms with Crippen LogP contribution in [0.4, 0.5) is 4.39 Å². The Labute approximate surface area is 108 Å². The molecule has 2 saturated heterocycles. The van der Waals surface area contributed by atoms with Crippen molar-refractivity contribution in [3.05, 3.63) is 17.5 Å². The van der Waals surface area contributed by atoms with Gasteiger partial charge in [0.15, 0.2) is 0 Å². The SMILES string of the molecule is CCn1nc(C)cc1CC1(F)CC2CCC(C1)N2. The third-order valence-corrected chi connectivity index (χ3v) is 4.34. The lowest BCUT2D eigenvalue weighted by Crippen LogP contribution is -2.47. The van der Waals surface area contributed by atoms with Crippen molar-refractivity contribution in [1.82, 2.24) is 15.1 Å². The van der Waals surface area contributed by atoms with Crippen LogP contribution in [-0.4, -0.2) is 27.5 Å². The molecular weight excluding hydrogens is 229 g/mol. The molecule has 18 heavy (non-hydrogen) atoms. The van der Waals surface area contributed by atoms with E-state index in [1.165, 1.54) is 0 Å². The number of rotatable bonds is 3. The Morgan fingerprint density at radius 1 is 1.44 bits per heavy atom. The maximum absolute atomic E-state index is 15.0. The first-order chi connectivity index (χ1) is 8.58. The zero-order valence-corrected chi connectivity index (χ0v) is 11.2. The summed E-state index contributed by atoms with van der Waals surface area (Å²) in [6.45, 7) is 4.87. The Morgan fingerprint density at radius 2 is 2.11 bits per heavy atom. The van der Waals surface area contributed by atoms with Crippen LogP contribution in [0.5, 0.6) is 0 Å². The number of hydrogen-bond acceptors (Lipinski definition) is 2. The predicted octanol–water partition coefficient (Wildman–Crippen LogP) is 2.38. The first-order valence-electron chi connectivity index (χ1n) is 7.06. The number of aryl methyl sites for hydroxylation is 2. The average molecular weight is 251 g/mol. The number of nitrogens with one attached hydrogen (secondary N) is 1. The number of halogens is 1. The van der Waals surface area contributed by atoms with Gasteiger partial charge in [-0.15, -0.1) is 0 Å². The van der Waals surface area contributed by atoms with Crippen LogP contribution in [-0.2, 0) is 13.0 Å². The molecule has 2 atom stereocenters. The lowest BCUT2D eigenvalue weighted by atomic mass is 9.85. The van der Waals surface area contributed by atoms with Crippen LogP contribution in [0.3, 0.4) is 0 Å². The van der Waals surface area contributed by atoms with Gasteiger partial charge in [-0.3, -0.25) is 4.68 Å². The largest absolute Gasteiger partial charge is 0.311 e. The zero-order chi connectivity index (χ0) is 12.8. The molecule has 2 bridgehead atoms. The summed E-state index contributed by atoms with van der Waals surface area (Å²) >= 11 is 0. The van der Waals surface area contributed by atoms with Crippen LogP contribution < -0.4 is 5.32 Å². The maximum atomic E-state index is 15.0. The van der Waals surface area contributed by atoms with Crippen molar-refractivity contribution in [3.8, 4) is 0 Å². The Hall–Kier alpha value is -0.900. The summed E-state index contributed by atoms with van der Waals surface area (Å²) in [7, 11) is 0. The predicted molar refractivity (Wildman–Crippen MR) is 69.4 cm³/mol. The van der Waals surface area contributed by atoms with Gasteiger partial charge in [-0.2, -0.15) is 5.10 Å². The molecule has 0 spiro atoms. The molecule has 0 amide bonds. The molecule has 3 nitrogen and oxygen atoms in total. The first-order valence-corrected chi connectivity index (χ1v) is 7.06. The van der Waals surface area contributed by atoms with Gasteiger partial charge in [-0.05, 0) is 45.6 Å². The van der Waals surface area contributed by atoms with Crippen LogP contribution in [0.15, 0.2) is 6.07 Å². The topological polar surface area (TPSA) is 29.9 Å². The van der Waals surface area contributed by atoms with E-state index in [0.29, 0.717) is 31.3 Å². The number of nitrogens with zero attached hydrogens (tertiary/aromatic N) is 2.